The molecule has 1 aromatic heterocycles. The molecular formula is C42H26O. The van der Waals surface area contributed by atoms with Crippen molar-refractivity contribution >= 4 is 54.3 Å². The van der Waals surface area contributed by atoms with Crippen LogP contribution in [0.4, 0.5) is 0 Å². The van der Waals surface area contributed by atoms with Crippen LogP contribution in [-0.2, 0) is 0 Å². The molecule has 9 aromatic rings. The highest BCUT2D eigenvalue weighted by Crippen LogP contribution is 2.47. The van der Waals surface area contributed by atoms with Gasteiger partial charge in [-0.1, -0.05) is 139 Å². The van der Waals surface area contributed by atoms with Crippen molar-refractivity contribution in [2.75, 3.05) is 0 Å². The molecule has 8 aromatic carbocycles. The first-order chi connectivity index (χ1) is 28.8. The molecule has 0 aliphatic heterocycles. The molecule has 0 aliphatic carbocycles. The first-order valence-electron chi connectivity index (χ1n) is 22.3. The van der Waals surface area contributed by atoms with E-state index in [-0.39, 0.29) is 61.0 Å². The summed E-state index contributed by atoms with van der Waals surface area (Å²) in [7, 11) is 0. The van der Waals surface area contributed by atoms with Crippen molar-refractivity contribution in [3.63, 3.8) is 0 Å². The van der Waals surface area contributed by atoms with Crippen LogP contribution in [0.3, 0.4) is 0 Å². The van der Waals surface area contributed by atoms with Gasteiger partial charge in [-0.3, -0.25) is 0 Å². The van der Waals surface area contributed by atoms with Crippen LogP contribution in [0, 0.1) is 0 Å². The van der Waals surface area contributed by atoms with E-state index in [1.54, 1.807) is 48.5 Å². The van der Waals surface area contributed by atoms with Crippen LogP contribution in [-0.4, -0.2) is 0 Å². The zero-order valence-corrected chi connectivity index (χ0v) is 22.0. The fourth-order valence-electron chi connectivity index (χ4n) is 5.78. The van der Waals surface area contributed by atoms with Crippen LogP contribution in [0.5, 0.6) is 0 Å². The zero-order chi connectivity index (χ0) is 44.0. The van der Waals surface area contributed by atoms with Crippen LogP contribution in [0.15, 0.2) is 162 Å². The van der Waals surface area contributed by atoms with E-state index in [0.717, 1.165) is 0 Å². The van der Waals surface area contributed by atoms with Crippen molar-refractivity contribution in [2.45, 2.75) is 0 Å². The van der Waals surface area contributed by atoms with Crippen molar-refractivity contribution in [3.8, 4) is 33.4 Å². The lowest BCUT2D eigenvalue weighted by atomic mass is 9.83. The average molecular weight is 565 g/mol. The van der Waals surface area contributed by atoms with Gasteiger partial charge >= 0.3 is 0 Å². The first kappa shape index (κ1) is 12.3. The van der Waals surface area contributed by atoms with Gasteiger partial charge in [-0.15, -0.1) is 0 Å². The molecule has 1 nitrogen and oxygen atoms in total. The number of hydrogen-bond donors (Lipinski definition) is 0. The Morgan fingerprint density at radius 3 is 1.60 bits per heavy atom. The van der Waals surface area contributed by atoms with E-state index in [4.69, 9.17) is 22.2 Å². The van der Waals surface area contributed by atoms with Crippen LogP contribution < -0.4 is 0 Å². The Balaban J connectivity index is 1.50. The molecule has 0 aliphatic rings. The number of fused-ring (bicyclic) bond motifs is 6. The molecule has 1 heterocycles. The van der Waals surface area contributed by atoms with E-state index >= 15 is 0 Å². The van der Waals surface area contributed by atoms with Gasteiger partial charge in [0.05, 0.1) is 24.7 Å². The van der Waals surface area contributed by atoms with Gasteiger partial charge in [0.2, 0.25) is 0 Å². The Bertz CT molecular complexity index is 3430. The molecule has 0 amide bonds. The second-order valence-corrected chi connectivity index (χ2v) is 9.85. The van der Waals surface area contributed by atoms with Crippen molar-refractivity contribution < 1.29 is 29.1 Å². The van der Waals surface area contributed by atoms with E-state index < -0.39 is 114 Å². The smallest absolute Gasteiger partial charge is 0.135 e. The Morgan fingerprint density at radius 2 is 0.907 bits per heavy atom. The Morgan fingerprint density at radius 1 is 0.372 bits per heavy atom. The van der Waals surface area contributed by atoms with Gasteiger partial charge in [0, 0.05) is 10.8 Å². The number of furan rings is 1. The number of benzene rings is 8. The van der Waals surface area contributed by atoms with Gasteiger partial charge in [0.25, 0.3) is 0 Å². The highest BCUT2D eigenvalue weighted by atomic mass is 16.3. The van der Waals surface area contributed by atoms with E-state index in [0.29, 0.717) is 21.5 Å². The normalized spacial score (nSPS) is 17.6. The lowest BCUT2D eigenvalue weighted by Gasteiger charge is -2.19. The van der Waals surface area contributed by atoms with Crippen LogP contribution in [0.25, 0.3) is 87.6 Å². The minimum atomic E-state index is -0.743. The Hall–Kier alpha value is -5.66. The molecule has 9 rings (SSSR count). The molecule has 200 valence electrons. The molecule has 0 fully saturated rings. The molecule has 0 saturated carbocycles. The SMILES string of the molecule is [2H]c1c([2H])c([2H])c(-c2c([2H])c([2H])c(-c3c4ccccc4c(-c4c([2H])c([2H])c5oc6c([2H])c([2H])c([2H])c([2H])c6c5c4[2H])c4ccccc34)c3c([2H])c([2H])c([2H])c([2H])c23)c([2H])c1[2H]. The maximum absolute atomic E-state index is 9.62. The quantitative estimate of drug-likeness (QED) is 0.195. The van der Waals surface area contributed by atoms with E-state index in [1.165, 1.54) is 0 Å². The van der Waals surface area contributed by atoms with Crippen molar-refractivity contribution in [3.05, 3.63) is 157 Å². The van der Waals surface area contributed by atoms with Gasteiger partial charge in [-0.05, 0) is 83.8 Å². The number of hydrogen-bond acceptors (Lipinski definition) is 1. The maximum atomic E-state index is 9.62. The van der Waals surface area contributed by atoms with E-state index in [9.17, 15) is 6.85 Å². The predicted molar refractivity (Wildman–Crippen MR) is 183 cm³/mol. The van der Waals surface area contributed by atoms with E-state index in [1.807, 2.05) is 0 Å². The molecule has 0 bridgehead atoms. The average Bonchev–Trinajstić information content (AvgIpc) is 3.67. The van der Waals surface area contributed by atoms with Gasteiger partial charge in [0.15, 0.2) is 0 Å². The molecule has 0 N–H and O–H groups in total. The third kappa shape index (κ3) is 3.65. The molecule has 1 heteroatoms. The highest BCUT2D eigenvalue weighted by Gasteiger charge is 2.19. The van der Waals surface area contributed by atoms with Gasteiger partial charge in [0.1, 0.15) is 11.2 Å². The summed E-state index contributed by atoms with van der Waals surface area (Å²) in [6, 6.07) is 2.24. The summed E-state index contributed by atoms with van der Waals surface area (Å²) < 4.78 is 165. The predicted octanol–water partition coefficient (Wildman–Crippen LogP) is 12.0. The summed E-state index contributed by atoms with van der Waals surface area (Å²) in [5.41, 5.74) is -1.25. The zero-order valence-electron chi connectivity index (χ0n) is 40.0. The lowest BCUT2D eigenvalue weighted by Crippen LogP contribution is -1.92. The van der Waals surface area contributed by atoms with Gasteiger partial charge < -0.3 is 4.42 Å². The summed E-state index contributed by atoms with van der Waals surface area (Å²) in [6.07, 6.45) is 0. The number of rotatable bonds is 3. The minimum Gasteiger partial charge on any atom is -0.456 e. The summed E-state index contributed by atoms with van der Waals surface area (Å²) in [5.74, 6) is 0. The minimum absolute atomic E-state index is 0.0813. The second-order valence-electron chi connectivity index (χ2n) is 9.85. The lowest BCUT2D eigenvalue weighted by molar-refractivity contribution is 0.669. The van der Waals surface area contributed by atoms with Crippen molar-refractivity contribution in [1.29, 1.82) is 0 Å². The van der Waals surface area contributed by atoms with E-state index in [2.05, 4.69) is 0 Å². The largest absolute Gasteiger partial charge is 0.456 e. The Labute approximate surface area is 274 Å². The maximum Gasteiger partial charge on any atom is 0.135 e. The molecule has 0 spiro atoms. The first-order valence-corrected chi connectivity index (χ1v) is 13.3. The van der Waals surface area contributed by atoms with Crippen molar-refractivity contribution in [2.24, 2.45) is 0 Å². The molecule has 0 atom stereocenters. The third-order valence-corrected chi connectivity index (χ3v) is 7.57. The summed E-state index contributed by atoms with van der Waals surface area (Å²) in [5, 5.41) is 0.520. The topological polar surface area (TPSA) is 13.1 Å². The van der Waals surface area contributed by atoms with Gasteiger partial charge in [-0.2, -0.15) is 0 Å². The van der Waals surface area contributed by atoms with Crippen LogP contribution in [0.2, 0.25) is 0 Å². The number of para-hydroxylation sites is 1. The van der Waals surface area contributed by atoms with Crippen molar-refractivity contribution in [1.82, 2.24) is 0 Å². The second kappa shape index (κ2) is 9.44. The summed E-state index contributed by atoms with van der Waals surface area (Å²) in [4.78, 5) is 0. The van der Waals surface area contributed by atoms with Crippen LogP contribution >= 0.6 is 0 Å². The molecule has 43 heavy (non-hydrogen) atoms. The monoisotopic (exact) mass is 564 g/mol. The molecular weight excluding hydrogens is 520 g/mol. The fraction of sp³-hybridized carbons (Fsp3) is 0. The van der Waals surface area contributed by atoms with Gasteiger partial charge in [-0.25, -0.2) is 0 Å². The molecule has 0 unspecified atom stereocenters. The van der Waals surface area contributed by atoms with Crippen LogP contribution in [0.1, 0.15) is 24.7 Å². The standard InChI is InChI=1S/C42H26O/c1-2-12-27(13-3-1)29-23-24-37(31-15-5-4-14-30(29)31)42-35-19-8-6-17-33(35)41(34-18-7-9-20-36(34)42)28-22-25-40-38(26-28)32-16-10-11-21-39(32)43-40/h1-26H/i1D,2D,3D,4D,5D,10D,11D,12D,13D,14D,15D,16D,21D,22D,23D,24D,25D,26D. The third-order valence-electron chi connectivity index (χ3n) is 7.57. The summed E-state index contributed by atoms with van der Waals surface area (Å²) in [6.45, 7) is 0. The molecule has 0 radical (unpaired) electrons. The highest BCUT2D eigenvalue weighted by molar-refractivity contribution is 6.24. The fourth-order valence-corrected chi connectivity index (χ4v) is 5.78. The molecule has 0 saturated heterocycles. The summed E-state index contributed by atoms with van der Waals surface area (Å²) >= 11 is 0. The Kier molecular flexibility index (Phi) is 2.70.